The van der Waals surface area contributed by atoms with Crippen LogP contribution in [-0.4, -0.2) is 7.11 Å². The minimum Gasteiger partial charge on any atom is -0.497 e. The van der Waals surface area contributed by atoms with Gasteiger partial charge in [-0.05, 0) is 41.2 Å². The van der Waals surface area contributed by atoms with Crippen LogP contribution >= 0.6 is 0 Å². The highest BCUT2D eigenvalue weighted by Crippen LogP contribution is 2.24. The van der Waals surface area contributed by atoms with Crippen molar-refractivity contribution in [2.24, 2.45) is 5.92 Å². The van der Waals surface area contributed by atoms with Crippen LogP contribution in [0.1, 0.15) is 19.4 Å². The molecule has 0 aliphatic carbocycles. The third kappa shape index (κ3) is 3.13. The first-order chi connectivity index (χ1) is 8.69. The predicted octanol–water partition coefficient (Wildman–Crippen LogP) is 4.56. The standard InChI is InChI=1S/C17H20O/c1-13(2)11-14-7-9-15(10-8-14)16-5-4-6-17(12-16)18-3/h4-10,12-13H,11H2,1-3H3. The van der Waals surface area contributed by atoms with Gasteiger partial charge in [-0.25, -0.2) is 0 Å². The molecule has 0 atom stereocenters. The SMILES string of the molecule is COc1cccc(-c2ccc(CC(C)C)cc2)c1. The summed E-state index contributed by atoms with van der Waals surface area (Å²) < 4.78 is 5.25. The van der Waals surface area contributed by atoms with E-state index >= 15 is 0 Å². The molecule has 0 radical (unpaired) electrons. The summed E-state index contributed by atoms with van der Waals surface area (Å²) in [4.78, 5) is 0. The summed E-state index contributed by atoms with van der Waals surface area (Å²) in [6.45, 7) is 4.49. The first-order valence-electron chi connectivity index (χ1n) is 6.42. The van der Waals surface area contributed by atoms with Crippen LogP contribution in [0, 0.1) is 5.92 Å². The fraction of sp³-hybridized carbons (Fsp3) is 0.294. The molecule has 0 fully saturated rings. The first-order valence-corrected chi connectivity index (χ1v) is 6.42. The van der Waals surface area contributed by atoms with Gasteiger partial charge in [-0.2, -0.15) is 0 Å². The van der Waals surface area contributed by atoms with E-state index in [4.69, 9.17) is 4.74 Å². The molecule has 18 heavy (non-hydrogen) atoms. The number of hydrogen-bond acceptors (Lipinski definition) is 1. The van der Waals surface area contributed by atoms with Crippen molar-refractivity contribution in [3.63, 3.8) is 0 Å². The van der Waals surface area contributed by atoms with Gasteiger partial charge in [-0.15, -0.1) is 0 Å². The second-order valence-corrected chi connectivity index (χ2v) is 5.03. The van der Waals surface area contributed by atoms with Gasteiger partial charge in [-0.3, -0.25) is 0 Å². The minimum atomic E-state index is 0.702. The quantitative estimate of drug-likeness (QED) is 0.761. The Kier molecular flexibility index (Phi) is 4.03. The van der Waals surface area contributed by atoms with Crippen molar-refractivity contribution < 1.29 is 4.74 Å². The van der Waals surface area contributed by atoms with E-state index in [-0.39, 0.29) is 0 Å². The summed E-state index contributed by atoms with van der Waals surface area (Å²) in [5, 5.41) is 0. The monoisotopic (exact) mass is 240 g/mol. The molecule has 2 rings (SSSR count). The summed E-state index contributed by atoms with van der Waals surface area (Å²) >= 11 is 0. The number of hydrogen-bond donors (Lipinski definition) is 0. The smallest absolute Gasteiger partial charge is 0.119 e. The van der Waals surface area contributed by atoms with Gasteiger partial charge >= 0.3 is 0 Å². The van der Waals surface area contributed by atoms with Gasteiger partial charge in [-0.1, -0.05) is 50.2 Å². The molecule has 1 heteroatoms. The lowest BCUT2D eigenvalue weighted by Crippen LogP contribution is -1.93. The fourth-order valence-electron chi connectivity index (χ4n) is 2.11. The van der Waals surface area contributed by atoms with E-state index in [0.717, 1.165) is 12.2 Å². The van der Waals surface area contributed by atoms with E-state index in [0.29, 0.717) is 5.92 Å². The second-order valence-electron chi connectivity index (χ2n) is 5.03. The van der Waals surface area contributed by atoms with Gasteiger partial charge < -0.3 is 4.74 Å². The molecule has 0 bridgehead atoms. The summed E-state index contributed by atoms with van der Waals surface area (Å²) in [5.41, 5.74) is 3.84. The van der Waals surface area contributed by atoms with Gasteiger partial charge in [0.15, 0.2) is 0 Å². The Morgan fingerprint density at radius 1 is 0.944 bits per heavy atom. The maximum absolute atomic E-state index is 5.25. The highest BCUT2D eigenvalue weighted by molar-refractivity contribution is 5.65. The normalized spacial score (nSPS) is 10.7. The second kappa shape index (κ2) is 5.72. The third-order valence-electron chi connectivity index (χ3n) is 3.00. The van der Waals surface area contributed by atoms with E-state index in [1.54, 1.807) is 7.11 Å². The summed E-state index contributed by atoms with van der Waals surface area (Å²) in [6, 6.07) is 17.0. The van der Waals surface area contributed by atoms with Crippen molar-refractivity contribution in [3.8, 4) is 16.9 Å². The molecule has 0 aliphatic rings. The van der Waals surface area contributed by atoms with Crippen LogP contribution < -0.4 is 4.74 Å². The molecule has 2 aromatic carbocycles. The van der Waals surface area contributed by atoms with E-state index in [2.05, 4.69) is 50.2 Å². The molecule has 0 heterocycles. The molecule has 0 amide bonds. The molecule has 0 aliphatic heterocycles. The van der Waals surface area contributed by atoms with Gasteiger partial charge in [0.25, 0.3) is 0 Å². The van der Waals surface area contributed by atoms with Crippen LogP contribution in [0.5, 0.6) is 5.75 Å². The Balaban J connectivity index is 2.22. The number of benzene rings is 2. The zero-order valence-corrected chi connectivity index (χ0v) is 11.3. The van der Waals surface area contributed by atoms with E-state index < -0.39 is 0 Å². The predicted molar refractivity (Wildman–Crippen MR) is 77.0 cm³/mol. The van der Waals surface area contributed by atoms with E-state index in [9.17, 15) is 0 Å². The average Bonchev–Trinajstić information content (AvgIpc) is 2.39. The maximum Gasteiger partial charge on any atom is 0.119 e. The minimum absolute atomic E-state index is 0.702. The molecule has 1 nitrogen and oxygen atoms in total. The van der Waals surface area contributed by atoms with Crippen molar-refractivity contribution in [2.45, 2.75) is 20.3 Å². The summed E-state index contributed by atoms with van der Waals surface area (Å²) in [5.74, 6) is 1.60. The van der Waals surface area contributed by atoms with Gasteiger partial charge in [0, 0.05) is 0 Å². The summed E-state index contributed by atoms with van der Waals surface area (Å²) in [6.07, 6.45) is 1.14. The Bertz CT molecular complexity index is 497. The number of ether oxygens (including phenoxy) is 1. The van der Waals surface area contributed by atoms with E-state index in [1.165, 1.54) is 16.7 Å². The lowest BCUT2D eigenvalue weighted by atomic mass is 9.99. The number of methoxy groups -OCH3 is 1. The van der Waals surface area contributed by atoms with Crippen molar-refractivity contribution in [1.82, 2.24) is 0 Å². The molecular formula is C17H20O. The Labute approximate surface area is 109 Å². The topological polar surface area (TPSA) is 9.23 Å². The van der Waals surface area contributed by atoms with Crippen LogP contribution in [0.3, 0.4) is 0 Å². The molecule has 0 spiro atoms. The molecule has 2 aromatic rings. The average molecular weight is 240 g/mol. The van der Waals surface area contributed by atoms with Crippen molar-refractivity contribution >= 4 is 0 Å². The first kappa shape index (κ1) is 12.7. The van der Waals surface area contributed by atoms with Crippen molar-refractivity contribution in [1.29, 1.82) is 0 Å². The van der Waals surface area contributed by atoms with Crippen molar-refractivity contribution in [3.05, 3.63) is 54.1 Å². The molecule has 0 saturated heterocycles. The third-order valence-corrected chi connectivity index (χ3v) is 3.00. The zero-order chi connectivity index (χ0) is 13.0. The molecule has 0 aromatic heterocycles. The van der Waals surface area contributed by atoms with Gasteiger partial charge in [0.05, 0.1) is 7.11 Å². The number of rotatable bonds is 4. The lowest BCUT2D eigenvalue weighted by molar-refractivity contribution is 0.415. The Morgan fingerprint density at radius 2 is 1.67 bits per heavy atom. The molecule has 0 unspecified atom stereocenters. The molecule has 0 N–H and O–H groups in total. The van der Waals surface area contributed by atoms with Gasteiger partial charge in [0.1, 0.15) is 5.75 Å². The largest absolute Gasteiger partial charge is 0.497 e. The van der Waals surface area contributed by atoms with Gasteiger partial charge in [0.2, 0.25) is 0 Å². The van der Waals surface area contributed by atoms with Crippen LogP contribution in [0.25, 0.3) is 11.1 Å². The van der Waals surface area contributed by atoms with Crippen molar-refractivity contribution in [2.75, 3.05) is 7.11 Å². The molecule has 0 saturated carbocycles. The molecular weight excluding hydrogens is 220 g/mol. The van der Waals surface area contributed by atoms with Crippen LogP contribution in [0.4, 0.5) is 0 Å². The highest BCUT2D eigenvalue weighted by atomic mass is 16.5. The Hall–Kier alpha value is -1.76. The van der Waals surface area contributed by atoms with E-state index in [1.807, 2.05) is 12.1 Å². The molecule has 94 valence electrons. The highest BCUT2D eigenvalue weighted by Gasteiger charge is 2.01. The van der Waals surface area contributed by atoms with Crippen LogP contribution in [0.15, 0.2) is 48.5 Å². The van der Waals surface area contributed by atoms with Crippen LogP contribution in [0.2, 0.25) is 0 Å². The maximum atomic E-state index is 5.25. The van der Waals surface area contributed by atoms with Crippen LogP contribution in [-0.2, 0) is 6.42 Å². The zero-order valence-electron chi connectivity index (χ0n) is 11.3. The fourth-order valence-corrected chi connectivity index (χ4v) is 2.11. The summed E-state index contributed by atoms with van der Waals surface area (Å²) in [7, 11) is 1.70. The lowest BCUT2D eigenvalue weighted by Gasteiger charge is -2.07. The Morgan fingerprint density at radius 3 is 2.28 bits per heavy atom.